The molecule has 1 atom stereocenters. The second-order valence-corrected chi connectivity index (χ2v) is 9.06. The molecule has 32 heavy (non-hydrogen) atoms. The topological polar surface area (TPSA) is 47.1 Å². The standard InChI is InChI=1S/C26H32N4O2/c1-3-29-23-18-20(11-12-21(23)26(32)30-13-7-6-10-24(29)30)25(31)28-16-14-27(15-17-28)22-9-5-4-8-19(22)2/h4-5,8-9,11-12,18,24H,3,6-7,10,13-17H2,1-2H3/t24-/m0/s1. The number of nitrogens with zero attached hydrogens (tertiary/aromatic N) is 4. The lowest BCUT2D eigenvalue weighted by atomic mass is 9.97. The van der Waals surface area contributed by atoms with Crippen LogP contribution in [0.3, 0.4) is 0 Å². The molecule has 0 aliphatic carbocycles. The molecule has 0 aromatic heterocycles. The van der Waals surface area contributed by atoms with Gasteiger partial charge in [0.25, 0.3) is 11.8 Å². The molecule has 2 fully saturated rings. The molecule has 2 aromatic rings. The number of benzene rings is 2. The highest BCUT2D eigenvalue weighted by molar-refractivity contribution is 6.04. The zero-order valence-electron chi connectivity index (χ0n) is 19.1. The SMILES string of the molecule is CCN1c2cc(C(=O)N3CCN(c4ccccc4C)CC3)ccc2C(=O)N2CCCC[C@H]21. The van der Waals surface area contributed by atoms with E-state index in [1.54, 1.807) is 0 Å². The first-order valence-electron chi connectivity index (χ1n) is 11.9. The lowest BCUT2D eigenvalue weighted by Crippen LogP contribution is -2.57. The molecular formula is C26H32N4O2. The Labute approximate surface area is 190 Å². The third-order valence-electron chi connectivity index (χ3n) is 7.24. The summed E-state index contributed by atoms with van der Waals surface area (Å²) in [5.74, 6) is 0.173. The Bertz CT molecular complexity index is 1030. The molecule has 6 heteroatoms. The number of carbonyl (C=O) groups is 2. The van der Waals surface area contributed by atoms with E-state index >= 15 is 0 Å². The summed E-state index contributed by atoms with van der Waals surface area (Å²) in [4.78, 5) is 35.1. The average molecular weight is 433 g/mol. The molecule has 6 nitrogen and oxygen atoms in total. The van der Waals surface area contributed by atoms with E-state index < -0.39 is 0 Å². The first kappa shape index (κ1) is 20.9. The molecule has 0 unspecified atom stereocenters. The van der Waals surface area contributed by atoms with Gasteiger partial charge in [0.15, 0.2) is 0 Å². The van der Waals surface area contributed by atoms with Crippen LogP contribution in [-0.2, 0) is 0 Å². The minimum atomic E-state index is 0.0619. The third kappa shape index (κ3) is 3.51. The molecule has 0 bridgehead atoms. The molecule has 3 aliphatic heterocycles. The van der Waals surface area contributed by atoms with Crippen LogP contribution in [0.4, 0.5) is 11.4 Å². The van der Waals surface area contributed by atoms with Gasteiger partial charge in [-0.1, -0.05) is 18.2 Å². The minimum Gasteiger partial charge on any atom is -0.368 e. The monoisotopic (exact) mass is 432 g/mol. The number of piperidine rings is 1. The number of aryl methyl sites for hydroxylation is 1. The van der Waals surface area contributed by atoms with Crippen LogP contribution in [0.2, 0.25) is 0 Å². The summed E-state index contributed by atoms with van der Waals surface area (Å²) in [5.41, 5.74) is 4.85. The van der Waals surface area contributed by atoms with E-state index in [0.717, 1.165) is 56.7 Å². The van der Waals surface area contributed by atoms with Crippen molar-refractivity contribution < 1.29 is 9.59 Å². The number of hydrogen-bond acceptors (Lipinski definition) is 4. The number of amides is 2. The number of rotatable bonds is 3. The normalized spacial score (nSPS) is 20.8. The van der Waals surface area contributed by atoms with E-state index in [1.807, 2.05) is 28.0 Å². The van der Waals surface area contributed by atoms with E-state index in [9.17, 15) is 9.59 Å². The molecule has 0 radical (unpaired) electrons. The Hall–Kier alpha value is -3.02. The fourth-order valence-corrected chi connectivity index (χ4v) is 5.51. The number of anilines is 2. The minimum absolute atomic E-state index is 0.0619. The summed E-state index contributed by atoms with van der Waals surface area (Å²) in [6.45, 7) is 8.99. The molecule has 3 aliphatic rings. The van der Waals surface area contributed by atoms with Crippen LogP contribution in [0.5, 0.6) is 0 Å². The van der Waals surface area contributed by atoms with Gasteiger partial charge in [0, 0.05) is 50.5 Å². The Kier molecular flexibility index (Phi) is 5.53. The molecule has 0 N–H and O–H groups in total. The van der Waals surface area contributed by atoms with Crippen LogP contribution in [0.1, 0.15) is 52.5 Å². The first-order valence-corrected chi connectivity index (χ1v) is 11.9. The van der Waals surface area contributed by atoms with Crippen molar-refractivity contribution in [1.82, 2.24) is 9.80 Å². The van der Waals surface area contributed by atoms with Crippen LogP contribution in [-0.4, -0.2) is 67.0 Å². The van der Waals surface area contributed by atoms with E-state index in [0.29, 0.717) is 18.7 Å². The molecule has 5 rings (SSSR count). The number of piperazine rings is 1. The van der Waals surface area contributed by atoms with Crippen molar-refractivity contribution in [1.29, 1.82) is 0 Å². The molecule has 2 saturated heterocycles. The van der Waals surface area contributed by atoms with Crippen molar-refractivity contribution in [2.75, 3.05) is 49.1 Å². The highest BCUT2D eigenvalue weighted by Crippen LogP contribution is 2.36. The fourth-order valence-electron chi connectivity index (χ4n) is 5.51. The van der Waals surface area contributed by atoms with E-state index in [4.69, 9.17) is 0 Å². The van der Waals surface area contributed by atoms with Gasteiger partial charge in [-0.3, -0.25) is 9.59 Å². The van der Waals surface area contributed by atoms with Gasteiger partial charge in [-0.05, 0) is 62.9 Å². The number of hydrogen-bond donors (Lipinski definition) is 0. The Balaban J connectivity index is 1.35. The zero-order valence-corrected chi connectivity index (χ0v) is 19.1. The van der Waals surface area contributed by atoms with Crippen LogP contribution in [0.15, 0.2) is 42.5 Å². The van der Waals surface area contributed by atoms with Gasteiger partial charge in [-0.25, -0.2) is 0 Å². The maximum atomic E-state index is 13.3. The van der Waals surface area contributed by atoms with Crippen LogP contribution < -0.4 is 9.80 Å². The fraction of sp³-hybridized carbons (Fsp3) is 0.462. The zero-order chi connectivity index (χ0) is 22.2. The molecule has 168 valence electrons. The predicted molar refractivity (Wildman–Crippen MR) is 127 cm³/mol. The first-order chi connectivity index (χ1) is 15.6. The average Bonchev–Trinajstić information content (AvgIpc) is 2.84. The molecule has 2 amide bonds. The van der Waals surface area contributed by atoms with Gasteiger partial charge < -0.3 is 19.6 Å². The van der Waals surface area contributed by atoms with Crippen molar-refractivity contribution >= 4 is 23.2 Å². The Morgan fingerprint density at radius 2 is 1.75 bits per heavy atom. The van der Waals surface area contributed by atoms with E-state index in [-0.39, 0.29) is 18.0 Å². The van der Waals surface area contributed by atoms with Gasteiger partial charge >= 0.3 is 0 Å². The van der Waals surface area contributed by atoms with E-state index in [1.165, 1.54) is 11.3 Å². The Morgan fingerprint density at radius 3 is 2.50 bits per heavy atom. The highest BCUT2D eigenvalue weighted by atomic mass is 16.2. The quantitative estimate of drug-likeness (QED) is 0.741. The van der Waals surface area contributed by atoms with Crippen molar-refractivity contribution in [2.45, 2.75) is 39.3 Å². The van der Waals surface area contributed by atoms with Crippen molar-refractivity contribution in [3.05, 3.63) is 59.2 Å². The summed E-state index contributed by atoms with van der Waals surface area (Å²) in [6.07, 6.45) is 3.33. The van der Waals surface area contributed by atoms with Gasteiger partial charge in [-0.15, -0.1) is 0 Å². The summed E-state index contributed by atoms with van der Waals surface area (Å²) < 4.78 is 0. The number of carbonyl (C=O) groups excluding carboxylic acids is 2. The molecule has 0 saturated carbocycles. The second-order valence-electron chi connectivity index (χ2n) is 9.06. The van der Waals surface area contributed by atoms with Crippen molar-refractivity contribution in [2.24, 2.45) is 0 Å². The van der Waals surface area contributed by atoms with Gasteiger partial charge in [0.1, 0.15) is 6.17 Å². The van der Waals surface area contributed by atoms with E-state index in [2.05, 4.69) is 47.9 Å². The lowest BCUT2D eigenvalue weighted by Gasteiger charge is -2.47. The Morgan fingerprint density at radius 1 is 0.969 bits per heavy atom. The molecule has 0 spiro atoms. The summed E-state index contributed by atoms with van der Waals surface area (Å²) in [7, 11) is 0. The van der Waals surface area contributed by atoms with Crippen molar-refractivity contribution in [3.8, 4) is 0 Å². The molecule has 3 heterocycles. The van der Waals surface area contributed by atoms with Gasteiger partial charge in [0.05, 0.1) is 11.3 Å². The van der Waals surface area contributed by atoms with Gasteiger partial charge in [0.2, 0.25) is 0 Å². The van der Waals surface area contributed by atoms with Crippen LogP contribution >= 0.6 is 0 Å². The highest BCUT2D eigenvalue weighted by Gasteiger charge is 2.38. The van der Waals surface area contributed by atoms with Crippen LogP contribution in [0.25, 0.3) is 0 Å². The summed E-state index contributed by atoms with van der Waals surface area (Å²) in [5, 5.41) is 0. The smallest absolute Gasteiger partial charge is 0.257 e. The van der Waals surface area contributed by atoms with Gasteiger partial charge in [-0.2, -0.15) is 0 Å². The van der Waals surface area contributed by atoms with Crippen LogP contribution in [0, 0.1) is 6.92 Å². The largest absolute Gasteiger partial charge is 0.368 e. The summed E-state index contributed by atoms with van der Waals surface area (Å²) in [6, 6.07) is 14.1. The third-order valence-corrected chi connectivity index (χ3v) is 7.24. The maximum Gasteiger partial charge on any atom is 0.257 e. The number of fused-ring (bicyclic) bond motifs is 2. The molecular weight excluding hydrogens is 400 g/mol. The maximum absolute atomic E-state index is 13.3. The summed E-state index contributed by atoms with van der Waals surface area (Å²) >= 11 is 0. The predicted octanol–water partition coefficient (Wildman–Crippen LogP) is 3.75. The lowest BCUT2D eigenvalue weighted by molar-refractivity contribution is 0.0581. The second kappa shape index (κ2) is 8.49. The molecule has 2 aromatic carbocycles. The van der Waals surface area contributed by atoms with Crippen molar-refractivity contribution in [3.63, 3.8) is 0 Å². The number of para-hydroxylation sites is 1.